The fourth-order valence-electron chi connectivity index (χ4n) is 3.53. The number of amides is 1. The minimum absolute atomic E-state index is 0.0723. The number of aromatic amines is 1. The first-order chi connectivity index (χ1) is 12.6. The zero-order valence-electron chi connectivity index (χ0n) is 15.0. The minimum atomic E-state index is -0.0723. The standard InChI is InChI=1S/C21H22N4O/c1-14-8-9-19(22-15(2)26)17(10-14)21-18-12-25(13-20(18)23-24-21)11-16-6-4-3-5-7-16/h3-10H,11-13H2,1-2H3,(H,22,26)(H,23,24). The van der Waals surface area contributed by atoms with Crippen molar-refractivity contribution in [2.24, 2.45) is 0 Å². The molecule has 4 rings (SSSR count). The summed E-state index contributed by atoms with van der Waals surface area (Å²) in [5.74, 6) is -0.0723. The highest BCUT2D eigenvalue weighted by molar-refractivity contribution is 5.94. The van der Waals surface area contributed by atoms with Gasteiger partial charge in [0.1, 0.15) is 0 Å². The number of carbonyl (C=O) groups excluding carboxylic acids is 1. The number of hydrogen-bond donors (Lipinski definition) is 2. The number of carbonyl (C=O) groups is 1. The second-order valence-corrected chi connectivity index (χ2v) is 6.88. The van der Waals surface area contributed by atoms with Crippen LogP contribution in [0.3, 0.4) is 0 Å². The summed E-state index contributed by atoms with van der Waals surface area (Å²) in [5.41, 5.74) is 7.58. The van der Waals surface area contributed by atoms with Crippen molar-refractivity contribution < 1.29 is 4.79 Å². The summed E-state index contributed by atoms with van der Waals surface area (Å²) in [4.78, 5) is 14.0. The SMILES string of the molecule is CC(=O)Nc1ccc(C)cc1-c1[nH]nc2c1CN(Cc1ccccc1)C2. The third-order valence-corrected chi connectivity index (χ3v) is 4.71. The fraction of sp³-hybridized carbons (Fsp3) is 0.238. The molecule has 0 fully saturated rings. The molecule has 1 aliphatic rings. The van der Waals surface area contributed by atoms with Gasteiger partial charge in [-0.15, -0.1) is 0 Å². The molecule has 0 bridgehead atoms. The van der Waals surface area contributed by atoms with Gasteiger partial charge in [0.2, 0.25) is 5.91 Å². The Morgan fingerprint density at radius 2 is 2.00 bits per heavy atom. The Bertz CT molecular complexity index is 946. The fourth-order valence-corrected chi connectivity index (χ4v) is 3.53. The van der Waals surface area contributed by atoms with Crippen LogP contribution in [0.5, 0.6) is 0 Å². The topological polar surface area (TPSA) is 61.0 Å². The number of fused-ring (bicyclic) bond motifs is 1. The van der Waals surface area contributed by atoms with E-state index in [2.05, 4.69) is 57.7 Å². The first kappa shape index (κ1) is 16.5. The number of anilines is 1. The quantitative estimate of drug-likeness (QED) is 0.754. The van der Waals surface area contributed by atoms with Crippen LogP contribution in [0.25, 0.3) is 11.3 Å². The van der Waals surface area contributed by atoms with Gasteiger partial charge in [0.25, 0.3) is 0 Å². The molecular weight excluding hydrogens is 324 g/mol. The zero-order valence-corrected chi connectivity index (χ0v) is 15.0. The van der Waals surface area contributed by atoms with Crippen LogP contribution in [0.15, 0.2) is 48.5 Å². The van der Waals surface area contributed by atoms with Crippen LogP contribution in [0.4, 0.5) is 5.69 Å². The largest absolute Gasteiger partial charge is 0.326 e. The Morgan fingerprint density at radius 3 is 2.77 bits per heavy atom. The molecule has 0 radical (unpaired) electrons. The molecule has 2 heterocycles. The van der Waals surface area contributed by atoms with Crippen molar-refractivity contribution >= 4 is 11.6 Å². The molecule has 1 aromatic heterocycles. The summed E-state index contributed by atoms with van der Waals surface area (Å²) in [6, 6.07) is 16.5. The van der Waals surface area contributed by atoms with Crippen molar-refractivity contribution in [2.75, 3.05) is 5.32 Å². The molecule has 1 aliphatic heterocycles. The van der Waals surface area contributed by atoms with Gasteiger partial charge in [-0.2, -0.15) is 5.10 Å². The maximum Gasteiger partial charge on any atom is 0.221 e. The molecular formula is C21H22N4O. The van der Waals surface area contributed by atoms with Crippen LogP contribution in [0.2, 0.25) is 0 Å². The van der Waals surface area contributed by atoms with E-state index >= 15 is 0 Å². The number of H-pyrrole nitrogens is 1. The molecule has 26 heavy (non-hydrogen) atoms. The molecule has 2 N–H and O–H groups in total. The third-order valence-electron chi connectivity index (χ3n) is 4.71. The van der Waals surface area contributed by atoms with E-state index in [-0.39, 0.29) is 5.91 Å². The molecule has 0 spiro atoms. The number of aryl methyl sites for hydroxylation is 1. The van der Waals surface area contributed by atoms with Gasteiger partial charge < -0.3 is 5.32 Å². The summed E-state index contributed by atoms with van der Waals surface area (Å²) in [6.07, 6.45) is 0. The summed E-state index contributed by atoms with van der Waals surface area (Å²) in [7, 11) is 0. The first-order valence-electron chi connectivity index (χ1n) is 8.81. The Balaban J connectivity index is 1.63. The lowest BCUT2D eigenvalue weighted by Gasteiger charge is -2.16. The van der Waals surface area contributed by atoms with E-state index in [1.807, 2.05) is 18.2 Å². The monoisotopic (exact) mass is 346 g/mol. The van der Waals surface area contributed by atoms with E-state index in [1.54, 1.807) is 0 Å². The highest BCUT2D eigenvalue weighted by atomic mass is 16.1. The molecule has 3 aromatic rings. The van der Waals surface area contributed by atoms with Crippen molar-refractivity contribution in [3.63, 3.8) is 0 Å². The lowest BCUT2D eigenvalue weighted by atomic mass is 10.0. The predicted molar refractivity (Wildman–Crippen MR) is 102 cm³/mol. The molecule has 0 saturated carbocycles. The van der Waals surface area contributed by atoms with Crippen LogP contribution < -0.4 is 5.32 Å². The molecule has 0 unspecified atom stereocenters. The molecule has 1 amide bonds. The molecule has 0 aliphatic carbocycles. The molecule has 0 saturated heterocycles. The van der Waals surface area contributed by atoms with Gasteiger partial charge >= 0.3 is 0 Å². The number of hydrogen-bond acceptors (Lipinski definition) is 3. The van der Waals surface area contributed by atoms with Crippen molar-refractivity contribution in [3.8, 4) is 11.3 Å². The Kier molecular flexibility index (Phi) is 4.31. The number of rotatable bonds is 4. The van der Waals surface area contributed by atoms with Gasteiger partial charge in [-0.25, -0.2) is 0 Å². The third kappa shape index (κ3) is 3.26. The van der Waals surface area contributed by atoms with Crippen LogP contribution in [-0.2, 0) is 24.4 Å². The molecule has 132 valence electrons. The lowest BCUT2D eigenvalue weighted by molar-refractivity contribution is -0.114. The minimum Gasteiger partial charge on any atom is -0.326 e. The predicted octanol–water partition coefficient (Wildman–Crippen LogP) is 3.86. The number of nitrogens with zero attached hydrogens (tertiary/aromatic N) is 2. The van der Waals surface area contributed by atoms with Gasteiger partial charge in [-0.1, -0.05) is 42.0 Å². The second kappa shape index (κ2) is 6.77. The maximum atomic E-state index is 11.6. The van der Waals surface area contributed by atoms with E-state index in [9.17, 15) is 4.79 Å². The van der Waals surface area contributed by atoms with Crippen LogP contribution in [-0.4, -0.2) is 21.0 Å². The molecule has 2 aromatic carbocycles. The average molecular weight is 346 g/mol. The average Bonchev–Trinajstić information content (AvgIpc) is 3.17. The van der Waals surface area contributed by atoms with Crippen molar-refractivity contribution in [2.45, 2.75) is 33.5 Å². The van der Waals surface area contributed by atoms with E-state index in [4.69, 9.17) is 0 Å². The van der Waals surface area contributed by atoms with E-state index in [0.717, 1.165) is 47.8 Å². The van der Waals surface area contributed by atoms with E-state index in [0.29, 0.717) is 0 Å². The van der Waals surface area contributed by atoms with Gasteiger partial charge in [-0.05, 0) is 24.6 Å². The zero-order chi connectivity index (χ0) is 18.1. The van der Waals surface area contributed by atoms with E-state index in [1.165, 1.54) is 18.1 Å². The highest BCUT2D eigenvalue weighted by Crippen LogP contribution is 2.35. The maximum absolute atomic E-state index is 11.6. The normalized spacial score (nSPS) is 13.6. The summed E-state index contributed by atoms with van der Waals surface area (Å²) in [6.45, 7) is 6.18. The van der Waals surface area contributed by atoms with Crippen LogP contribution in [0, 0.1) is 6.92 Å². The first-order valence-corrected chi connectivity index (χ1v) is 8.81. The summed E-state index contributed by atoms with van der Waals surface area (Å²) >= 11 is 0. The van der Waals surface area contributed by atoms with Crippen LogP contribution >= 0.6 is 0 Å². The van der Waals surface area contributed by atoms with Crippen LogP contribution in [0.1, 0.15) is 29.3 Å². The molecule has 5 heteroatoms. The number of aromatic nitrogens is 2. The number of nitrogens with one attached hydrogen (secondary N) is 2. The summed E-state index contributed by atoms with van der Waals surface area (Å²) < 4.78 is 0. The number of benzene rings is 2. The van der Waals surface area contributed by atoms with Crippen molar-refractivity contribution in [1.82, 2.24) is 15.1 Å². The highest BCUT2D eigenvalue weighted by Gasteiger charge is 2.26. The molecule has 5 nitrogen and oxygen atoms in total. The van der Waals surface area contributed by atoms with Gasteiger partial charge in [0.05, 0.1) is 17.1 Å². The van der Waals surface area contributed by atoms with Crippen molar-refractivity contribution in [3.05, 3.63) is 70.9 Å². The van der Waals surface area contributed by atoms with Gasteiger partial charge in [-0.3, -0.25) is 14.8 Å². The lowest BCUT2D eigenvalue weighted by Crippen LogP contribution is -2.16. The molecule has 0 atom stereocenters. The Morgan fingerprint density at radius 1 is 1.19 bits per heavy atom. The Labute approximate surface area is 153 Å². The second-order valence-electron chi connectivity index (χ2n) is 6.88. The van der Waals surface area contributed by atoms with Gasteiger partial charge in [0, 0.05) is 37.7 Å². The summed E-state index contributed by atoms with van der Waals surface area (Å²) in [5, 5.41) is 10.7. The van der Waals surface area contributed by atoms with Crippen molar-refractivity contribution in [1.29, 1.82) is 0 Å². The van der Waals surface area contributed by atoms with E-state index < -0.39 is 0 Å². The smallest absolute Gasteiger partial charge is 0.221 e. The Hall–Kier alpha value is -2.92. The van der Waals surface area contributed by atoms with Gasteiger partial charge in [0.15, 0.2) is 0 Å².